The molecule has 100 valence electrons. The van der Waals surface area contributed by atoms with E-state index >= 15 is 0 Å². The van der Waals surface area contributed by atoms with Crippen molar-refractivity contribution < 1.29 is 9.18 Å². The largest absolute Gasteiger partial charge is 0.290 e. The van der Waals surface area contributed by atoms with E-state index in [0.717, 1.165) is 4.68 Å². The molecular formula is C10H10ClFN6O. The Morgan fingerprint density at radius 1 is 1.68 bits per heavy atom. The van der Waals surface area contributed by atoms with Gasteiger partial charge in [0.25, 0.3) is 5.91 Å². The van der Waals surface area contributed by atoms with E-state index < -0.39 is 11.9 Å². The lowest BCUT2D eigenvalue weighted by atomic mass is 10.3. The number of H-pyrrole nitrogens is 1. The number of nitrogens with zero attached hydrogens (tertiary/aromatic N) is 4. The van der Waals surface area contributed by atoms with Crippen molar-refractivity contribution in [2.45, 2.75) is 6.92 Å². The first-order valence-electron chi connectivity index (χ1n) is 5.22. The number of carbonyl (C=O) groups excluding carboxylic acids is 1. The van der Waals surface area contributed by atoms with E-state index in [1.54, 1.807) is 6.92 Å². The van der Waals surface area contributed by atoms with E-state index in [1.165, 1.54) is 19.5 Å². The maximum atomic E-state index is 13.5. The summed E-state index contributed by atoms with van der Waals surface area (Å²) in [6.45, 7) is 1.64. The van der Waals surface area contributed by atoms with Crippen LogP contribution in [0.3, 0.4) is 0 Å². The summed E-state index contributed by atoms with van der Waals surface area (Å²) in [5, 5.41) is 13.7. The van der Waals surface area contributed by atoms with Crippen molar-refractivity contribution in [2.24, 2.45) is 12.1 Å². The second-order valence-electron chi connectivity index (χ2n) is 3.71. The van der Waals surface area contributed by atoms with E-state index in [1.807, 2.05) is 0 Å². The Hall–Kier alpha value is -2.22. The molecule has 0 bridgehead atoms. The first-order chi connectivity index (χ1) is 9.00. The predicted octanol–water partition coefficient (Wildman–Crippen LogP) is 1.01. The van der Waals surface area contributed by atoms with Crippen molar-refractivity contribution in [1.29, 1.82) is 0 Å². The number of hydrogen-bond donors (Lipinski definition) is 2. The number of hydrazone groups is 1. The van der Waals surface area contributed by atoms with Gasteiger partial charge in [-0.25, -0.2) is 10.1 Å². The summed E-state index contributed by atoms with van der Waals surface area (Å²) in [7, 11) is 1.47. The van der Waals surface area contributed by atoms with Crippen LogP contribution in [0.5, 0.6) is 0 Å². The number of halogens is 2. The fraction of sp³-hybridized carbons (Fsp3) is 0.200. The summed E-state index contributed by atoms with van der Waals surface area (Å²) in [5.41, 5.74) is 2.97. The van der Waals surface area contributed by atoms with Gasteiger partial charge in [-0.15, -0.1) is 0 Å². The molecule has 7 nitrogen and oxygen atoms in total. The molecule has 0 fully saturated rings. The SMILES string of the molecule is Cc1nn(C)c(F)c1C=NNC(=O)c1[nH]ncc1Cl. The highest BCUT2D eigenvalue weighted by molar-refractivity contribution is 6.33. The van der Waals surface area contributed by atoms with Crippen LogP contribution in [0.4, 0.5) is 4.39 Å². The minimum atomic E-state index is -0.569. The molecule has 2 aromatic rings. The number of nitrogens with one attached hydrogen (secondary N) is 2. The molecule has 0 aliphatic rings. The van der Waals surface area contributed by atoms with Crippen molar-refractivity contribution in [2.75, 3.05) is 0 Å². The van der Waals surface area contributed by atoms with Gasteiger partial charge in [0.1, 0.15) is 5.69 Å². The summed E-state index contributed by atoms with van der Waals surface area (Å²) in [6.07, 6.45) is 2.48. The fourth-order valence-corrected chi connectivity index (χ4v) is 1.61. The Morgan fingerprint density at radius 3 is 2.95 bits per heavy atom. The second-order valence-corrected chi connectivity index (χ2v) is 4.11. The van der Waals surface area contributed by atoms with Gasteiger partial charge in [0.05, 0.1) is 28.7 Å². The number of aromatic nitrogens is 4. The van der Waals surface area contributed by atoms with E-state index in [-0.39, 0.29) is 16.3 Å². The van der Waals surface area contributed by atoms with E-state index in [4.69, 9.17) is 11.6 Å². The number of hydrogen-bond acceptors (Lipinski definition) is 4. The summed E-state index contributed by atoms with van der Waals surface area (Å²) >= 11 is 5.70. The average Bonchev–Trinajstić information content (AvgIpc) is 2.88. The third-order valence-electron chi connectivity index (χ3n) is 2.38. The van der Waals surface area contributed by atoms with Crippen LogP contribution in [0.25, 0.3) is 0 Å². The fourth-order valence-electron chi connectivity index (χ4n) is 1.44. The standard InChI is InChI=1S/C10H10ClFN6O/c1-5-6(9(12)18(2)17-5)3-13-16-10(19)8-7(11)4-14-15-8/h3-4H,1-2H3,(H,14,15)(H,16,19). The zero-order valence-corrected chi connectivity index (χ0v) is 10.9. The Balaban J connectivity index is 2.09. The van der Waals surface area contributed by atoms with Gasteiger partial charge in [-0.1, -0.05) is 11.6 Å². The first-order valence-corrected chi connectivity index (χ1v) is 5.60. The lowest BCUT2D eigenvalue weighted by Gasteiger charge is -1.96. The zero-order valence-electron chi connectivity index (χ0n) is 10.1. The maximum Gasteiger partial charge on any atom is 0.290 e. The molecule has 2 rings (SSSR count). The molecule has 0 unspecified atom stereocenters. The molecule has 1 amide bonds. The third-order valence-corrected chi connectivity index (χ3v) is 2.66. The molecule has 2 N–H and O–H groups in total. The molecule has 9 heteroatoms. The van der Waals surface area contributed by atoms with E-state index in [2.05, 4.69) is 25.8 Å². The molecule has 0 aliphatic heterocycles. The van der Waals surface area contributed by atoms with Crippen LogP contribution in [0.2, 0.25) is 5.02 Å². The number of amides is 1. The molecule has 0 spiro atoms. The van der Waals surface area contributed by atoms with Gasteiger partial charge in [-0.05, 0) is 6.92 Å². The minimum absolute atomic E-state index is 0.0854. The Kier molecular flexibility index (Phi) is 3.61. The molecule has 0 atom stereocenters. The summed E-state index contributed by atoms with van der Waals surface area (Å²) in [6, 6.07) is 0. The molecule has 0 saturated heterocycles. The van der Waals surface area contributed by atoms with Crippen LogP contribution in [0, 0.1) is 12.9 Å². The lowest BCUT2D eigenvalue weighted by Crippen LogP contribution is -2.18. The second kappa shape index (κ2) is 5.19. The molecule has 19 heavy (non-hydrogen) atoms. The highest BCUT2D eigenvalue weighted by Crippen LogP contribution is 2.11. The topological polar surface area (TPSA) is 88.0 Å². The average molecular weight is 285 g/mol. The molecule has 2 aromatic heterocycles. The molecule has 0 saturated carbocycles. The number of aryl methyl sites for hydroxylation is 2. The quantitative estimate of drug-likeness (QED) is 0.651. The van der Waals surface area contributed by atoms with Crippen LogP contribution < -0.4 is 5.43 Å². The molecular weight excluding hydrogens is 275 g/mol. The van der Waals surface area contributed by atoms with Crippen LogP contribution in [0.15, 0.2) is 11.3 Å². The Morgan fingerprint density at radius 2 is 2.42 bits per heavy atom. The summed E-state index contributed by atoms with van der Waals surface area (Å²) < 4.78 is 14.6. The zero-order chi connectivity index (χ0) is 14.0. The third kappa shape index (κ3) is 2.63. The van der Waals surface area contributed by atoms with Gasteiger partial charge in [0.2, 0.25) is 5.95 Å². The molecule has 0 aliphatic carbocycles. The van der Waals surface area contributed by atoms with Crippen molar-refractivity contribution in [3.05, 3.63) is 34.1 Å². The van der Waals surface area contributed by atoms with Crippen molar-refractivity contribution >= 4 is 23.7 Å². The molecule has 0 radical (unpaired) electrons. The van der Waals surface area contributed by atoms with Crippen molar-refractivity contribution in [3.8, 4) is 0 Å². The van der Waals surface area contributed by atoms with Gasteiger partial charge >= 0.3 is 0 Å². The summed E-state index contributed by atoms with van der Waals surface area (Å²) in [4.78, 5) is 11.6. The predicted molar refractivity (Wildman–Crippen MR) is 66.6 cm³/mol. The van der Waals surface area contributed by atoms with Crippen LogP contribution in [0.1, 0.15) is 21.7 Å². The number of rotatable bonds is 3. The van der Waals surface area contributed by atoms with Gasteiger partial charge in [-0.2, -0.15) is 19.7 Å². The number of aromatic amines is 1. The van der Waals surface area contributed by atoms with Crippen molar-refractivity contribution in [1.82, 2.24) is 25.4 Å². The monoisotopic (exact) mass is 284 g/mol. The van der Waals surface area contributed by atoms with E-state index in [0.29, 0.717) is 5.69 Å². The normalized spacial score (nSPS) is 11.2. The lowest BCUT2D eigenvalue weighted by molar-refractivity contribution is 0.0950. The highest BCUT2D eigenvalue weighted by atomic mass is 35.5. The van der Waals surface area contributed by atoms with Gasteiger partial charge in [0.15, 0.2) is 0 Å². The van der Waals surface area contributed by atoms with Crippen LogP contribution >= 0.6 is 11.6 Å². The van der Waals surface area contributed by atoms with Gasteiger partial charge in [0, 0.05) is 7.05 Å². The van der Waals surface area contributed by atoms with Crippen LogP contribution in [-0.4, -0.2) is 32.1 Å². The summed E-state index contributed by atoms with van der Waals surface area (Å²) in [5.74, 6) is -1.10. The van der Waals surface area contributed by atoms with Gasteiger partial charge < -0.3 is 0 Å². The number of carbonyl (C=O) groups is 1. The van der Waals surface area contributed by atoms with Crippen molar-refractivity contribution in [3.63, 3.8) is 0 Å². The smallest absolute Gasteiger partial charge is 0.271 e. The molecule has 2 heterocycles. The maximum absolute atomic E-state index is 13.5. The molecule has 0 aromatic carbocycles. The van der Waals surface area contributed by atoms with Crippen LogP contribution in [-0.2, 0) is 7.05 Å². The van der Waals surface area contributed by atoms with Gasteiger partial charge in [-0.3, -0.25) is 9.89 Å². The minimum Gasteiger partial charge on any atom is -0.271 e. The first kappa shape index (κ1) is 13.2. The highest BCUT2D eigenvalue weighted by Gasteiger charge is 2.13. The Bertz CT molecular complexity index is 646. The van der Waals surface area contributed by atoms with E-state index in [9.17, 15) is 9.18 Å². The Labute approximate surface area is 112 Å².